The van der Waals surface area contributed by atoms with E-state index in [-0.39, 0.29) is 0 Å². The minimum absolute atomic E-state index is 0.476. The zero-order chi connectivity index (χ0) is 14.5. The lowest BCUT2D eigenvalue weighted by atomic mass is 10.1. The topological polar surface area (TPSA) is 53.0 Å². The van der Waals surface area contributed by atoms with Crippen LogP contribution in [0, 0.1) is 11.3 Å². The highest BCUT2D eigenvalue weighted by Gasteiger charge is 2.13. The molecule has 0 aromatic heterocycles. The quantitative estimate of drug-likeness (QED) is 0.869. The summed E-state index contributed by atoms with van der Waals surface area (Å²) in [6.45, 7) is 3.46. The Hall–Kier alpha value is -2.18. The van der Waals surface area contributed by atoms with Crippen LogP contribution in [0.25, 0.3) is 0 Å². The van der Waals surface area contributed by atoms with Crippen LogP contribution in [-0.4, -0.2) is 6.54 Å². The summed E-state index contributed by atoms with van der Waals surface area (Å²) in [5, 5.41) is 9.75. The molecule has 0 radical (unpaired) electrons. The van der Waals surface area contributed by atoms with Gasteiger partial charge in [-0.05, 0) is 30.7 Å². The van der Waals surface area contributed by atoms with E-state index >= 15 is 0 Å². The lowest BCUT2D eigenvalue weighted by Gasteiger charge is -2.25. The number of anilines is 2. The molecule has 102 valence electrons. The highest BCUT2D eigenvalue weighted by Crippen LogP contribution is 2.28. The van der Waals surface area contributed by atoms with E-state index in [2.05, 4.69) is 11.0 Å². The van der Waals surface area contributed by atoms with Crippen LogP contribution in [0.1, 0.15) is 18.1 Å². The molecule has 0 fully saturated rings. The third-order valence-corrected chi connectivity index (χ3v) is 3.56. The minimum Gasteiger partial charge on any atom is -0.398 e. The Labute approximate surface area is 124 Å². The molecule has 20 heavy (non-hydrogen) atoms. The third-order valence-electron chi connectivity index (χ3n) is 3.24. The van der Waals surface area contributed by atoms with E-state index in [0.29, 0.717) is 17.1 Å². The van der Waals surface area contributed by atoms with Gasteiger partial charge in [-0.1, -0.05) is 35.9 Å². The zero-order valence-electron chi connectivity index (χ0n) is 11.3. The van der Waals surface area contributed by atoms with Crippen molar-refractivity contribution in [1.82, 2.24) is 0 Å². The zero-order valence-corrected chi connectivity index (χ0v) is 12.1. The molecule has 3 nitrogen and oxygen atoms in total. The van der Waals surface area contributed by atoms with Gasteiger partial charge >= 0.3 is 0 Å². The van der Waals surface area contributed by atoms with Crippen LogP contribution in [-0.2, 0) is 6.54 Å². The number of nitrogen functional groups attached to an aromatic ring is 1. The highest BCUT2D eigenvalue weighted by atomic mass is 35.5. The summed E-state index contributed by atoms with van der Waals surface area (Å²) >= 11 is 6.09. The number of benzene rings is 2. The van der Waals surface area contributed by atoms with Crippen molar-refractivity contribution in [2.45, 2.75) is 13.5 Å². The van der Waals surface area contributed by atoms with Gasteiger partial charge < -0.3 is 10.6 Å². The fraction of sp³-hybridized carbons (Fsp3) is 0.188. The van der Waals surface area contributed by atoms with E-state index in [1.807, 2.05) is 43.3 Å². The lowest BCUT2D eigenvalue weighted by molar-refractivity contribution is 0.832. The standard InChI is InChI=1S/C16H16ClN3/c1-2-20(11-12-6-3-4-8-15(12)19)16-9-5-7-14(17)13(16)10-18/h3-9H,2,11,19H2,1H3. The molecule has 4 heteroatoms. The fourth-order valence-electron chi connectivity index (χ4n) is 2.14. The summed E-state index contributed by atoms with van der Waals surface area (Å²) in [5.74, 6) is 0. The molecule has 0 atom stereocenters. The van der Waals surface area contributed by atoms with E-state index in [1.165, 1.54) is 0 Å². The van der Waals surface area contributed by atoms with Crippen molar-refractivity contribution in [3.63, 3.8) is 0 Å². The molecule has 0 aliphatic heterocycles. The Bertz CT molecular complexity index is 646. The summed E-state index contributed by atoms with van der Waals surface area (Å²) in [7, 11) is 0. The lowest BCUT2D eigenvalue weighted by Crippen LogP contribution is -2.23. The number of halogens is 1. The monoisotopic (exact) mass is 285 g/mol. The second-order valence-electron chi connectivity index (χ2n) is 4.46. The van der Waals surface area contributed by atoms with Gasteiger partial charge in [0.25, 0.3) is 0 Å². The van der Waals surface area contributed by atoms with Crippen LogP contribution in [0.15, 0.2) is 42.5 Å². The molecule has 0 aliphatic carbocycles. The molecule has 2 N–H and O–H groups in total. The molecular formula is C16H16ClN3. The van der Waals surface area contributed by atoms with Gasteiger partial charge in [0.05, 0.1) is 16.3 Å². The first-order chi connectivity index (χ1) is 9.67. The molecule has 0 bridgehead atoms. The maximum atomic E-state index is 9.28. The number of nitrogens with two attached hydrogens (primary N) is 1. The summed E-state index contributed by atoms with van der Waals surface area (Å²) in [6, 6.07) is 15.4. The molecule has 0 unspecified atom stereocenters. The molecule has 2 aromatic carbocycles. The van der Waals surface area contributed by atoms with Gasteiger partial charge in [-0.3, -0.25) is 0 Å². The Balaban J connectivity index is 2.37. The molecule has 0 spiro atoms. The average molecular weight is 286 g/mol. The number of hydrogen-bond acceptors (Lipinski definition) is 3. The maximum Gasteiger partial charge on any atom is 0.103 e. The third kappa shape index (κ3) is 2.87. The van der Waals surface area contributed by atoms with Crippen molar-refractivity contribution < 1.29 is 0 Å². The molecule has 2 rings (SSSR count). The number of para-hydroxylation sites is 1. The first-order valence-corrected chi connectivity index (χ1v) is 6.82. The van der Waals surface area contributed by atoms with Crippen LogP contribution in [0.4, 0.5) is 11.4 Å². The van der Waals surface area contributed by atoms with Crippen LogP contribution in [0.3, 0.4) is 0 Å². The van der Waals surface area contributed by atoms with Gasteiger partial charge in [-0.25, -0.2) is 0 Å². The van der Waals surface area contributed by atoms with Gasteiger partial charge in [0.15, 0.2) is 0 Å². The van der Waals surface area contributed by atoms with Gasteiger partial charge in [0.1, 0.15) is 6.07 Å². The van der Waals surface area contributed by atoms with Crippen LogP contribution in [0.5, 0.6) is 0 Å². The number of nitrogens with zero attached hydrogens (tertiary/aromatic N) is 2. The maximum absolute atomic E-state index is 9.28. The summed E-state index contributed by atoms with van der Waals surface area (Å²) < 4.78 is 0. The van der Waals surface area contributed by atoms with Crippen molar-refractivity contribution in [2.75, 3.05) is 17.2 Å². The van der Waals surface area contributed by atoms with Crippen LogP contribution < -0.4 is 10.6 Å². The van der Waals surface area contributed by atoms with E-state index in [0.717, 1.165) is 23.5 Å². The molecule has 0 heterocycles. The van der Waals surface area contributed by atoms with Crippen LogP contribution >= 0.6 is 11.6 Å². The summed E-state index contributed by atoms with van der Waals surface area (Å²) in [5.41, 5.74) is 9.12. The molecule has 2 aromatic rings. The van der Waals surface area contributed by atoms with Gasteiger partial charge in [-0.2, -0.15) is 5.26 Å². The predicted molar refractivity (Wildman–Crippen MR) is 83.7 cm³/mol. The number of nitriles is 1. The van der Waals surface area contributed by atoms with Crippen molar-refractivity contribution in [1.29, 1.82) is 5.26 Å². The first-order valence-electron chi connectivity index (χ1n) is 6.44. The summed E-state index contributed by atoms with van der Waals surface area (Å²) in [6.07, 6.45) is 0. The van der Waals surface area contributed by atoms with E-state index in [4.69, 9.17) is 17.3 Å². The molecule has 0 saturated carbocycles. The normalized spacial score (nSPS) is 10.1. The van der Waals surface area contributed by atoms with Crippen molar-refractivity contribution >= 4 is 23.0 Å². The Morgan fingerprint density at radius 3 is 2.60 bits per heavy atom. The summed E-state index contributed by atoms with van der Waals surface area (Å²) in [4.78, 5) is 2.09. The SMILES string of the molecule is CCN(Cc1ccccc1N)c1cccc(Cl)c1C#N. The van der Waals surface area contributed by atoms with E-state index in [9.17, 15) is 5.26 Å². The predicted octanol–water partition coefficient (Wildman–Crippen LogP) is 3.82. The second kappa shape index (κ2) is 6.31. The largest absolute Gasteiger partial charge is 0.398 e. The van der Waals surface area contributed by atoms with E-state index in [1.54, 1.807) is 6.07 Å². The van der Waals surface area contributed by atoms with Gasteiger partial charge in [0.2, 0.25) is 0 Å². The van der Waals surface area contributed by atoms with E-state index < -0.39 is 0 Å². The Morgan fingerprint density at radius 1 is 1.20 bits per heavy atom. The number of rotatable bonds is 4. The first kappa shape index (κ1) is 14.2. The minimum atomic E-state index is 0.476. The fourth-order valence-corrected chi connectivity index (χ4v) is 2.35. The van der Waals surface area contributed by atoms with Crippen molar-refractivity contribution in [3.8, 4) is 6.07 Å². The number of hydrogen-bond donors (Lipinski definition) is 1. The van der Waals surface area contributed by atoms with Gasteiger partial charge in [0, 0.05) is 18.8 Å². The highest BCUT2D eigenvalue weighted by molar-refractivity contribution is 6.32. The smallest absolute Gasteiger partial charge is 0.103 e. The molecule has 0 saturated heterocycles. The Kier molecular flexibility index (Phi) is 4.49. The second-order valence-corrected chi connectivity index (χ2v) is 4.87. The Morgan fingerprint density at radius 2 is 1.95 bits per heavy atom. The van der Waals surface area contributed by atoms with Crippen molar-refractivity contribution in [3.05, 3.63) is 58.6 Å². The van der Waals surface area contributed by atoms with Crippen molar-refractivity contribution in [2.24, 2.45) is 0 Å². The molecule has 0 aliphatic rings. The van der Waals surface area contributed by atoms with Crippen LogP contribution in [0.2, 0.25) is 5.02 Å². The van der Waals surface area contributed by atoms with Gasteiger partial charge in [-0.15, -0.1) is 0 Å². The average Bonchev–Trinajstić information content (AvgIpc) is 2.46. The molecular weight excluding hydrogens is 270 g/mol. The molecule has 0 amide bonds.